The number of alkyl halides is 3. The molecule has 0 saturated carbocycles. The van der Waals surface area contributed by atoms with Crippen molar-refractivity contribution in [2.24, 2.45) is 0 Å². The first-order valence-corrected chi connectivity index (χ1v) is 8.61. The van der Waals surface area contributed by atoms with E-state index >= 15 is 0 Å². The molecule has 0 saturated heterocycles. The lowest BCUT2D eigenvalue weighted by Crippen LogP contribution is -2.12. The van der Waals surface area contributed by atoms with Crippen LogP contribution in [0.1, 0.15) is 16.7 Å². The van der Waals surface area contributed by atoms with Gasteiger partial charge in [-0.15, -0.1) is 0 Å². The Morgan fingerprint density at radius 2 is 1.63 bits per heavy atom. The second-order valence-electron chi connectivity index (χ2n) is 6.75. The summed E-state index contributed by atoms with van der Waals surface area (Å²) in [6.07, 6.45) is -4.60. The Bertz CT molecular complexity index is 1170. The highest BCUT2D eigenvalue weighted by Gasteiger charge is 2.31. The van der Waals surface area contributed by atoms with E-state index in [0.717, 1.165) is 22.3 Å². The average molecular weight is 365 g/mol. The number of hydrogen-bond donors (Lipinski definition) is 1. The number of rotatable bonds is 2. The summed E-state index contributed by atoms with van der Waals surface area (Å²) in [7, 11) is 0. The van der Waals surface area contributed by atoms with Gasteiger partial charge >= 0.3 is 6.18 Å². The minimum Gasteiger partial charge on any atom is -0.197 e. The zero-order valence-electron chi connectivity index (χ0n) is 14.1. The summed E-state index contributed by atoms with van der Waals surface area (Å²) < 4.78 is 39.6. The van der Waals surface area contributed by atoms with Gasteiger partial charge in [-0.05, 0) is 45.9 Å². The summed E-state index contributed by atoms with van der Waals surface area (Å²) in [6.45, 7) is 0. The standard InChI is InChI=1S/C21H14F3N3/c22-21(23,24)11-13-8-9-18-20(26-27-25-18)19(13)16-7-3-6-15-14-5-2-1-4-12(14)10-17(15)16/h1-9H,10-11H2,(H,25,26,27). The molecule has 4 aromatic rings. The zero-order chi connectivity index (χ0) is 18.6. The molecular weight excluding hydrogens is 351 g/mol. The van der Waals surface area contributed by atoms with Gasteiger partial charge in [0.2, 0.25) is 0 Å². The Morgan fingerprint density at radius 1 is 0.852 bits per heavy atom. The number of fused-ring (bicyclic) bond motifs is 4. The third-order valence-electron chi connectivity index (χ3n) is 5.09. The Labute approximate surface area is 152 Å². The molecule has 1 heterocycles. The third kappa shape index (κ3) is 2.60. The molecule has 0 fully saturated rings. The second-order valence-corrected chi connectivity index (χ2v) is 6.75. The number of nitrogens with zero attached hydrogens (tertiary/aromatic N) is 2. The summed E-state index contributed by atoms with van der Waals surface area (Å²) in [6, 6.07) is 17.0. The molecule has 3 nitrogen and oxygen atoms in total. The van der Waals surface area contributed by atoms with Gasteiger partial charge in [-0.25, -0.2) is 0 Å². The van der Waals surface area contributed by atoms with Gasteiger partial charge in [-0.1, -0.05) is 48.5 Å². The Kier molecular flexibility index (Phi) is 3.37. The predicted octanol–water partition coefficient (Wildman–Crippen LogP) is 5.30. The number of nitrogens with one attached hydrogen (secondary N) is 1. The normalized spacial score (nSPS) is 13.0. The van der Waals surface area contributed by atoms with Gasteiger partial charge in [0, 0.05) is 5.56 Å². The highest BCUT2D eigenvalue weighted by Crippen LogP contribution is 2.44. The lowest BCUT2D eigenvalue weighted by Gasteiger charge is -2.15. The monoisotopic (exact) mass is 365 g/mol. The molecule has 0 bridgehead atoms. The topological polar surface area (TPSA) is 41.6 Å². The summed E-state index contributed by atoms with van der Waals surface area (Å²) in [5, 5.41) is 10.8. The number of hydrogen-bond acceptors (Lipinski definition) is 2. The molecule has 1 aliphatic carbocycles. The fourth-order valence-corrected chi connectivity index (χ4v) is 4.01. The number of aromatic nitrogens is 3. The second kappa shape index (κ2) is 5.67. The van der Waals surface area contributed by atoms with Crippen LogP contribution in [0.2, 0.25) is 0 Å². The maximum absolute atomic E-state index is 13.2. The summed E-state index contributed by atoms with van der Waals surface area (Å²) in [5.41, 5.74) is 6.99. The quantitative estimate of drug-likeness (QED) is 0.461. The van der Waals surface area contributed by atoms with Crippen LogP contribution >= 0.6 is 0 Å². The first-order chi connectivity index (χ1) is 13.0. The third-order valence-corrected chi connectivity index (χ3v) is 5.09. The van der Waals surface area contributed by atoms with Crippen molar-refractivity contribution in [2.45, 2.75) is 19.0 Å². The lowest BCUT2D eigenvalue weighted by atomic mass is 9.90. The van der Waals surface area contributed by atoms with E-state index in [4.69, 9.17) is 0 Å². The summed E-state index contributed by atoms with van der Waals surface area (Å²) in [5.74, 6) is 0. The van der Waals surface area contributed by atoms with E-state index in [2.05, 4.69) is 27.5 Å². The average Bonchev–Trinajstić information content (AvgIpc) is 3.24. The van der Waals surface area contributed by atoms with Gasteiger partial charge in [0.1, 0.15) is 11.0 Å². The molecule has 134 valence electrons. The minimum atomic E-state index is -4.30. The van der Waals surface area contributed by atoms with Crippen LogP contribution in [-0.4, -0.2) is 21.6 Å². The molecule has 0 unspecified atom stereocenters. The van der Waals surface area contributed by atoms with E-state index in [9.17, 15) is 13.2 Å². The molecule has 27 heavy (non-hydrogen) atoms. The van der Waals surface area contributed by atoms with Crippen LogP contribution in [0, 0.1) is 0 Å². The fourth-order valence-electron chi connectivity index (χ4n) is 4.01. The van der Waals surface area contributed by atoms with E-state index in [1.807, 2.05) is 30.3 Å². The molecule has 0 spiro atoms. The number of aromatic amines is 1. The van der Waals surface area contributed by atoms with Crippen molar-refractivity contribution < 1.29 is 13.2 Å². The van der Waals surface area contributed by atoms with Crippen molar-refractivity contribution in [3.8, 4) is 22.3 Å². The molecule has 1 N–H and O–H groups in total. The molecule has 0 amide bonds. The lowest BCUT2D eigenvalue weighted by molar-refractivity contribution is -0.127. The summed E-state index contributed by atoms with van der Waals surface area (Å²) >= 11 is 0. The molecule has 0 aliphatic heterocycles. The minimum absolute atomic E-state index is 0.216. The number of H-pyrrole nitrogens is 1. The fraction of sp³-hybridized carbons (Fsp3) is 0.143. The zero-order valence-corrected chi connectivity index (χ0v) is 14.1. The largest absolute Gasteiger partial charge is 0.393 e. The van der Waals surface area contributed by atoms with Gasteiger partial charge in [0.25, 0.3) is 0 Å². The van der Waals surface area contributed by atoms with Gasteiger partial charge in [0.05, 0.1) is 6.42 Å². The van der Waals surface area contributed by atoms with Crippen LogP contribution in [0.5, 0.6) is 0 Å². The Balaban J connectivity index is 1.78. The summed E-state index contributed by atoms with van der Waals surface area (Å²) in [4.78, 5) is 0. The van der Waals surface area contributed by atoms with Crippen LogP contribution in [0.4, 0.5) is 13.2 Å². The van der Waals surface area contributed by atoms with Crippen LogP contribution in [0.3, 0.4) is 0 Å². The first-order valence-electron chi connectivity index (χ1n) is 8.61. The highest BCUT2D eigenvalue weighted by molar-refractivity contribution is 5.97. The molecule has 0 atom stereocenters. The molecule has 5 rings (SSSR count). The highest BCUT2D eigenvalue weighted by atomic mass is 19.4. The molecule has 0 radical (unpaired) electrons. The van der Waals surface area contributed by atoms with Crippen LogP contribution in [0.15, 0.2) is 54.6 Å². The van der Waals surface area contributed by atoms with Crippen LogP contribution in [-0.2, 0) is 12.8 Å². The van der Waals surface area contributed by atoms with Crippen molar-refractivity contribution in [3.63, 3.8) is 0 Å². The van der Waals surface area contributed by atoms with Crippen molar-refractivity contribution in [1.29, 1.82) is 0 Å². The van der Waals surface area contributed by atoms with E-state index < -0.39 is 12.6 Å². The maximum atomic E-state index is 13.2. The maximum Gasteiger partial charge on any atom is 0.393 e. The van der Waals surface area contributed by atoms with Gasteiger partial charge in [-0.3, -0.25) is 0 Å². The van der Waals surface area contributed by atoms with Crippen LogP contribution < -0.4 is 0 Å². The van der Waals surface area contributed by atoms with E-state index in [-0.39, 0.29) is 5.56 Å². The number of halogens is 3. The van der Waals surface area contributed by atoms with Crippen molar-refractivity contribution in [3.05, 3.63) is 71.3 Å². The van der Waals surface area contributed by atoms with Crippen molar-refractivity contribution in [1.82, 2.24) is 15.4 Å². The Hall–Kier alpha value is -3.15. The predicted molar refractivity (Wildman–Crippen MR) is 97.3 cm³/mol. The van der Waals surface area contributed by atoms with Crippen molar-refractivity contribution in [2.75, 3.05) is 0 Å². The SMILES string of the molecule is FC(F)(F)Cc1ccc2n[nH]nc2c1-c1cccc2c1Cc1ccccc1-2. The van der Waals surface area contributed by atoms with Crippen molar-refractivity contribution >= 4 is 11.0 Å². The molecule has 6 heteroatoms. The van der Waals surface area contributed by atoms with E-state index in [1.54, 1.807) is 6.07 Å². The molecular formula is C21H14F3N3. The van der Waals surface area contributed by atoms with E-state index in [0.29, 0.717) is 23.0 Å². The number of benzene rings is 3. The molecule has 1 aliphatic rings. The van der Waals surface area contributed by atoms with Gasteiger partial charge in [0.15, 0.2) is 0 Å². The molecule has 1 aromatic heterocycles. The van der Waals surface area contributed by atoms with Crippen LogP contribution in [0.25, 0.3) is 33.3 Å². The van der Waals surface area contributed by atoms with Gasteiger partial charge in [-0.2, -0.15) is 28.6 Å². The van der Waals surface area contributed by atoms with E-state index in [1.165, 1.54) is 11.6 Å². The van der Waals surface area contributed by atoms with Gasteiger partial charge < -0.3 is 0 Å². The smallest absolute Gasteiger partial charge is 0.197 e. The molecule has 3 aromatic carbocycles. The first kappa shape index (κ1) is 16.1. The Morgan fingerprint density at radius 3 is 2.48 bits per heavy atom.